The van der Waals surface area contributed by atoms with Crippen LogP contribution < -0.4 is 0 Å². The van der Waals surface area contributed by atoms with Crippen LogP contribution in [0.1, 0.15) is 6.92 Å². The minimum Gasteiger partial charge on any atom is -0.354 e. The summed E-state index contributed by atoms with van der Waals surface area (Å²) in [6, 6.07) is 0. The standard InChI is InChI=1S/C9H16N4O2S/c1-7(2)6-16-9-10-11-12-13(9)5-8(14-3)15-4/h8H,1,5-6H2,2-4H3. The first-order valence-electron chi connectivity index (χ1n) is 4.76. The number of hydrogen-bond acceptors (Lipinski definition) is 6. The molecule has 1 heterocycles. The molecule has 0 N–H and O–H groups in total. The van der Waals surface area contributed by atoms with Gasteiger partial charge in [0, 0.05) is 20.0 Å². The molecule has 7 heteroatoms. The van der Waals surface area contributed by atoms with Crippen LogP contribution in [-0.2, 0) is 16.0 Å². The van der Waals surface area contributed by atoms with Gasteiger partial charge < -0.3 is 9.47 Å². The second-order valence-corrected chi connectivity index (χ2v) is 4.23. The van der Waals surface area contributed by atoms with Crippen LogP contribution in [-0.4, -0.2) is 46.5 Å². The van der Waals surface area contributed by atoms with Gasteiger partial charge in [0.05, 0.1) is 6.54 Å². The van der Waals surface area contributed by atoms with E-state index in [0.717, 1.165) is 16.5 Å². The quantitative estimate of drug-likeness (QED) is 0.404. The third kappa shape index (κ3) is 3.92. The molecule has 0 unspecified atom stereocenters. The zero-order valence-electron chi connectivity index (χ0n) is 9.71. The third-order valence-electron chi connectivity index (χ3n) is 1.79. The molecule has 0 radical (unpaired) electrons. The normalized spacial score (nSPS) is 11.0. The molecule has 16 heavy (non-hydrogen) atoms. The Morgan fingerprint density at radius 3 is 2.75 bits per heavy atom. The highest BCUT2D eigenvalue weighted by molar-refractivity contribution is 7.99. The van der Waals surface area contributed by atoms with Crippen molar-refractivity contribution in [3.05, 3.63) is 12.2 Å². The Kier molecular flexibility index (Phi) is 5.44. The van der Waals surface area contributed by atoms with E-state index in [-0.39, 0.29) is 6.29 Å². The number of rotatable bonds is 7. The van der Waals surface area contributed by atoms with E-state index in [9.17, 15) is 0 Å². The van der Waals surface area contributed by atoms with Gasteiger partial charge in [0.1, 0.15) is 0 Å². The van der Waals surface area contributed by atoms with E-state index in [1.165, 1.54) is 0 Å². The van der Waals surface area contributed by atoms with E-state index in [0.29, 0.717) is 6.54 Å². The Labute approximate surface area is 99.0 Å². The smallest absolute Gasteiger partial charge is 0.209 e. The zero-order valence-corrected chi connectivity index (χ0v) is 10.5. The molecule has 0 bridgehead atoms. The summed E-state index contributed by atoms with van der Waals surface area (Å²) in [4.78, 5) is 0. The molecule has 0 fully saturated rings. The maximum absolute atomic E-state index is 5.09. The van der Waals surface area contributed by atoms with E-state index < -0.39 is 0 Å². The number of thioether (sulfide) groups is 1. The SMILES string of the molecule is C=C(C)CSc1nnnn1CC(OC)OC. The van der Waals surface area contributed by atoms with Crippen LogP contribution in [0.2, 0.25) is 0 Å². The topological polar surface area (TPSA) is 62.1 Å². The zero-order chi connectivity index (χ0) is 12.0. The monoisotopic (exact) mass is 244 g/mol. The number of methoxy groups -OCH3 is 2. The molecule has 1 aromatic heterocycles. The fourth-order valence-electron chi connectivity index (χ4n) is 0.989. The number of nitrogens with zero attached hydrogens (tertiary/aromatic N) is 4. The molecular formula is C9H16N4O2S. The highest BCUT2D eigenvalue weighted by atomic mass is 32.2. The third-order valence-corrected chi connectivity index (χ3v) is 2.98. The Morgan fingerprint density at radius 2 is 2.19 bits per heavy atom. The van der Waals surface area contributed by atoms with Crippen molar-refractivity contribution in [2.45, 2.75) is 24.9 Å². The van der Waals surface area contributed by atoms with Gasteiger partial charge in [0.25, 0.3) is 0 Å². The summed E-state index contributed by atoms with van der Waals surface area (Å²) in [5.41, 5.74) is 1.08. The maximum atomic E-state index is 5.09. The van der Waals surface area contributed by atoms with Crippen molar-refractivity contribution in [3.63, 3.8) is 0 Å². The van der Waals surface area contributed by atoms with Crippen molar-refractivity contribution in [2.75, 3.05) is 20.0 Å². The average molecular weight is 244 g/mol. The molecule has 90 valence electrons. The van der Waals surface area contributed by atoms with Crippen molar-refractivity contribution in [1.29, 1.82) is 0 Å². The van der Waals surface area contributed by atoms with Crippen LogP contribution in [0.15, 0.2) is 17.3 Å². The molecule has 0 aliphatic heterocycles. The van der Waals surface area contributed by atoms with Gasteiger partial charge in [-0.05, 0) is 17.4 Å². The highest BCUT2D eigenvalue weighted by Gasteiger charge is 2.12. The first-order chi connectivity index (χ1) is 7.67. The number of tetrazole rings is 1. The van der Waals surface area contributed by atoms with Gasteiger partial charge >= 0.3 is 0 Å². The lowest BCUT2D eigenvalue weighted by molar-refractivity contribution is -0.113. The van der Waals surface area contributed by atoms with Crippen LogP contribution in [0.5, 0.6) is 0 Å². The summed E-state index contributed by atoms with van der Waals surface area (Å²) >= 11 is 1.54. The van der Waals surface area contributed by atoms with E-state index in [4.69, 9.17) is 9.47 Å². The van der Waals surface area contributed by atoms with E-state index in [2.05, 4.69) is 22.1 Å². The molecule has 0 aliphatic rings. The van der Waals surface area contributed by atoms with Gasteiger partial charge in [-0.15, -0.1) is 5.10 Å². The Hall–Kier alpha value is -0.920. The number of aromatic nitrogens is 4. The second kappa shape index (κ2) is 6.62. The van der Waals surface area contributed by atoms with E-state index >= 15 is 0 Å². The van der Waals surface area contributed by atoms with Crippen LogP contribution in [0.3, 0.4) is 0 Å². The maximum Gasteiger partial charge on any atom is 0.209 e. The minimum atomic E-state index is -0.340. The lowest BCUT2D eigenvalue weighted by Crippen LogP contribution is -2.21. The van der Waals surface area contributed by atoms with Crippen LogP contribution in [0, 0.1) is 0 Å². The van der Waals surface area contributed by atoms with Gasteiger partial charge in [-0.25, -0.2) is 4.68 Å². The van der Waals surface area contributed by atoms with Gasteiger partial charge in [-0.1, -0.05) is 23.9 Å². The van der Waals surface area contributed by atoms with E-state index in [1.807, 2.05) is 6.92 Å². The summed E-state index contributed by atoms with van der Waals surface area (Å²) in [5, 5.41) is 12.2. The van der Waals surface area contributed by atoms with Crippen molar-refractivity contribution in [2.24, 2.45) is 0 Å². The van der Waals surface area contributed by atoms with Crippen molar-refractivity contribution >= 4 is 11.8 Å². The van der Waals surface area contributed by atoms with Crippen LogP contribution in [0.4, 0.5) is 0 Å². The lowest BCUT2D eigenvalue weighted by atomic mass is 10.4. The summed E-state index contributed by atoms with van der Waals surface area (Å²) in [6.07, 6.45) is -0.340. The number of ether oxygens (including phenoxy) is 2. The molecule has 1 aromatic rings. The van der Waals surface area contributed by atoms with Gasteiger partial charge in [-0.2, -0.15) is 0 Å². The first kappa shape index (κ1) is 13.1. The molecule has 0 saturated carbocycles. The van der Waals surface area contributed by atoms with Gasteiger partial charge in [0.15, 0.2) is 6.29 Å². The molecule has 0 atom stereocenters. The van der Waals surface area contributed by atoms with Crippen LogP contribution in [0.25, 0.3) is 0 Å². The fraction of sp³-hybridized carbons (Fsp3) is 0.667. The van der Waals surface area contributed by atoms with Crippen molar-refractivity contribution < 1.29 is 9.47 Å². The Balaban J connectivity index is 2.59. The molecule has 0 spiro atoms. The molecule has 0 saturated heterocycles. The van der Waals surface area contributed by atoms with Gasteiger partial charge in [-0.3, -0.25) is 0 Å². The van der Waals surface area contributed by atoms with Gasteiger partial charge in [0.2, 0.25) is 5.16 Å². The second-order valence-electron chi connectivity index (χ2n) is 3.29. The van der Waals surface area contributed by atoms with Crippen LogP contribution >= 0.6 is 11.8 Å². The molecular weight excluding hydrogens is 228 g/mol. The summed E-state index contributed by atoms with van der Waals surface area (Å²) < 4.78 is 11.8. The lowest BCUT2D eigenvalue weighted by Gasteiger charge is -2.13. The highest BCUT2D eigenvalue weighted by Crippen LogP contribution is 2.16. The molecule has 0 amide bonds. The molecule has 0 aromatic carbocycles. The fourth-order valence-corrected chi connectivity index (χ4v) is 1.72. The van der Waals surface area contributed by atoms with Crippen molar-refractivity contribution in [3.8, 4) is 0 Å². The number of hydrogen-bond donors (Lipinski definition) is 0. The summed E-state index contributed by atoms with van der Waals surface area (Å²) in [7, 11) is 3.17. The predicted octanol–water partition coefficient (Wildman–Crippen LogP) is 0.960. The molecule has 0 aliphatic carbocycles. The first-order valence-corrected chi connectivity index (χ1v) is 5.75. The predicted molar refractivity (Wildman–Crippen MR) is 61.2 cm³/mol. The summed E-state index contributed by atoms with van der Waals surface area (Å²) in [5.74, 6) is 0.797. The van der Waals surface area contributed by atoms with E-state index in [1.54, 1.807) is 30.7 Å². The average Bonchev–Trinajstić information content (AvgIpc) is 2.70. The Bertz CT molecular complexity index is 338. The van der Waals surface area contributed by atoms with Crippen molar-refractivity contribution in [1.82, 2.24) is 20.2 Å². The Morgan fingerprint density at radius 1 is 1.50 bits per heavy atom. The minimum absolute atomic E-state index is 0.340. The largest absolute Gasteiger partial charge is 0.354 e. The molecule has 6 nitrogen and oxygen atoms in total. The molecule has 1 rings (SSSR count). The summed E-state index contributed by atoms with van der Waals surface area (Å²) in [6.45, 7) is 6.27.